The van der Waals surface area contributed by atoms with Crippen LogP contribution in [0, 0.1) is 27.7 Å². The van der Waals surface area contributed by atoms with Crippen LogP contribution in [0.4, 0.5) is 11.9 Å². The zero-order chi connectivity index (χ0) is 61.5. The summed E-state index contributed by atoms with van der Waals surface area (Å²) >= 11 is 2.54. The van der Waals surface area contributed by atoms with Crippen LogP contribution in [-0.2, 0) is 46.2 Å². The molecule has 0 aliphatic carbocycles. The third kappa shape index (κ3) is 23.7. The van der Waals surface area contributed by atoms with Crippen molar-refractivity contribution in [1.29, 1.82) is 0 Å². The molecule has 25 heteroatoms. The number of aryl methyl sites for hydroxylation is 6. The van der Waals surface area contributed by atoms with Gasteiger partial charge in [-0.15, -0.1) is 22.7 Å². The lowest BCUT2D eigenvalue weighted by Crippen LogP contribution is -2.49. The highest BCUT2D eigenvalue weighted by molar-refractivity contribution is 7.12. The smallest absolute Gasteiger partial charge is 0.330 e. The molecule has 0 spiro atoms. The number of aromatic hydroxyl groups is 1. The third-order valence-electron chi connectivity index (χ3n) is 12.3. The minimum Gasteiger partial charge on any atom is -0.508 e. The Kier molecular flexibility index (Phi) is 28.8. The fraction of sp³-hybridized carbons (Fsp3) is 0.417. The van der Waals surface area contributed by atoms with Gasteiger partial charge in [-0.25, -0.2) is 29.5 Å². The van der Waals surface area contributed by atoms with Crippen LogP contribution in [0.5, 0.6) is 11.5 Å². The number of amides is 4. The number of anilines is 2. The monoisotopic (exact) mass is 1210 g/mol. The third-order valence-corrected chi connectivity index (χ3v) is 14.0. The summed E-state index contributed by atoms with van der Waals surface area (Å²) in [6.45, 7) is 15.0. The topological polar surface area (TPSA) is 310 Å². The molecule has 0 aliphatic heterocycles. The summed E-state index contributed by atoms with van der Waals surface area (Å²) in [5.41, 5.74) is 4.27. The van der Waals surface area contributed by atoms with Gasteiger partial charge < -0.3 is 60.7 Å². The maximum atomic E-state index is 13.3. The molecule has 6 rings (SSSR count). The minimum atomic E-state index is -1.13. The van der Waals surface area contributed by atoms with Gasteiger partial charge in [-0.1, -0.05) is 36.4 Å². The van der Waals surface area contributed by atoms with E-state index in [9.17, 15) is 38.7 Å². The van der Waals surface area contributed by atoms with Gasteiger partial charge in [0, 0.05) is 72.4 Å². The zero-order valence-corrected chi connectivity index (χ0v) is 50.6. The van der Waals surface area contributed by atoms with Crippen molar-refractivity contribution in [2.45, 2.75) is 99.1 Å². The van der Waals surface area contributed by atoms with Crippen molar-refractivity contribution in [3.8, 4) is 11.5 Å². The molecule has 0 saturated carbocycles. The molecule has 0 bridgehead atoms. The Morgan fingerprint density at radius 1 is 0.541 bits per heavy atom. The number of rotatable bonds is 33. The van der Waals surface area contributed by atoms with E-state index < -0.39 is 35.8 Å². The van der Waals surface area contributed by atoms with Gasteiger partial charge in [-0.3, -0.25) is 24.0 Å². The van der Waals surface area contributed by atoms with E-state index in [0.717, 1.165) is 36.8 Å². The predicted octanol–water partition coefficient (Wildman–Crippen LogP) is 7.03. The maximum absolute atomic E-state index is 13.3. The molecule has 0 radical (unpaired) electrons. The van der Waals surface area contributed by atoms with Crippen molar-refractivity contribution in [3.05, 3.63) is 138 Å². The summed E-state index contributed by atoms with van der Waals surface area (Å²) in [4.78, 5) is 107. The molecule has 0 unspecified atom stereocenters. The van der Waals surface area contributed by atoms with E-state index in [4.69, 9.17) is 23.7 Å². The quantitative estimate of drug-likeness (QED) is 0.0124. The Bertz CT molecular complexity index is 3080. The molecule has 0 saturated heterocycles. The number of esters is 3. The Morgan fingerprint density at radius 2 is 0.976 bits per heavy atom. The van der Waals surface area contributed by atoms with Gasteiger partial charge >= 0.3 is 17.9 Å². The minimum absolute atomic E-state index is 0.114. The van der Waals surface area contributed by atoms with Crippen LogP contribution < -0.4 is 36.6 Å². The van der Waals surface area contributed by atoms with Crippen molar-refractivity contribution < 1.29 is 62.4 Å². The van der Waals surface area contributed by atoms with E-state index >= 15 is 0 Å². The molecule has 4 aromatic heterocycles. The van der Waals surface area contributed by atoms with E-state index in [-0.39, 0.29) is 61.0 Å². The van der Waals surface area contributed by atoms with E-state index in [0.29, 0.717) is 103 Å². The fourth-order valence-corrected chi connectivity index (χ4v) is 9.54. The van der Waals surface area contributed by atoms with Crippen LogP contribution in [-0.4, -0.2) is 144 Å². The summed E-state index contributed by atoms with van der Waals surface area (Å²) in [6.07, 6.45) is 4.08. The lowest BCUT2D eigenvalue weighted by atomic mass is 10.1. The number of hydrogen-bond acceptors (Lipinski definition) is 21. The second-order valence-electron chi connectivity index (χ2n) is 19.0. The summed E-state index contributed by atoms with van der Waals surface area (Å²) in [6, 6.07) is 19.1. The second kappa shape index (κ2) is 36.3. The van der Waals surface area contributed by atoms with Crippen LogP contribution in [0.25, 0.3) is 0 Å². The first-order valence-corrected chi connectivity index (χ1v) is 29.7. The highest BCUT2D eigenvalue weighted by Crippen LogP contribution is 2.19. The summed E-state index contributed by atoms with van der Waals surface area (Å²) in [5, 5.41) is 30.3. The Balaban J connectivity index is 0.000000311. The first kappa shape index (κ1) is 67.4. The number of aromatic nitrogens is 4. The molecule has 0 aliphatic rings. The van der Waals surface area contributed by atoms with Crippen molar-refractivity contribution in [2.24, 2.45) is 0 Å². The molecule has 7 N–H and O–H groups in total. The molecule has 4 amide bonds. The SMILES string of the molecule is CCOCCCOC(=O)[C@H](CNC(=O)c1cccs1)NC(=O)c1c(C)nc(NCCCc2cccc(O)c2)nc1C.CCOCCCOC(=O)[C@H](CNC(=O)c1cccs1)NC(=O)c1c(C)nc(NCCCc2cccc(OC(C)=O)c2)nc1C. The zero-order valence-electron chi connectivity index (χ0n) is 49.0. The summed E-state index contributed by atoms with van der Waals surface area (Å²) in [7, 11) is 0. The van der Waals surface area contributed by atoms with E-state index in [2.05, 4.69) is 51.8 Å². The molecular formula is C60H76N10O13S2. The Hall–Kier alpha value is -8.39. The van der Waals surface area contributed by atoms with Gasteiger partial charge in [-0.05, 0) is 126 Å². The van der Waals surface area contributed by atoms with E-state index in [1.54, 1.807) is 80.9 Å². The van der Waals surface area contributed by atoms with Gasteiger partial charge in [-0.2, -0.15) is 0 Å². The number of carbonyl (C=O) groups excluding carboxylic acids is 7. The van der Waals surface area contributed by atoms with Crippen molar-refractivity contribution in [1.82, 2.24) is 41.2 Å². The Morgan fingerprint density at radius 3 is 1.38 bits per heavy atom. The van der Waals surface area contributed by atoms with E-state index in [1.807, 2.05) is 44.2 Å². The highest BCUT2D eigenvalue weighted by atomic mass is 32.1. The van der Waals surface area contributed by atoms with Crippen molar-refractivity contribution in [3.63, 3.8) is 0 Å². The molecule has 2 aromatic carbocycles. The lowest BCUT2D eigenvalue weighted by Gasteiger charge is -2.19. The Labute approximate surface area is 502 Å². The average molecular weight is 1210 g/mol. The second-order valence-corrected chi connectivity index (χ2v) is 20.9. The first-order valence-electron chi connectivity index (χ1n) is 27.9. The number of nitrogens with zero attached hydrogens (tertiary/aromatic N) is 4. The van der Waals surface area contributed by atoms with Crippen molar-refractivity contribution >= 4 is 76.1 Å². The fourth-order valence-electron chi connectivity index (χ4n) is 8.26. The number of phenolic OH excluding ortho intramolecular Hbond substituents is 1. The largest absolute Gasteiger partial charge is 0.508 e. The van der Waals surface area contributed by atoms with Gasteiger partial charge in [0.05, 0.1) is 56.9 Å². The number of carbonyl (C=O) groups is 7. The molecule has 4 heterocycles. The summed E-state index contributed by atoms with van der Waals surface area (Å²) < 4.78 is 26.4. The molecule has 85 heavy (non-hydrogen) atoms. The maximum Gasteiger partial charge on any atom is 0.330 e. The molecule has 0 fully saturated rings. The predicted molar refractivity (Wildman–Crippen MR) is 322 cm³/mol. The molecule has 23 nitrogen and oxygen atoms in total. The van der Waals surface area contributed by atoms with Gasteiger partial charge in [0.25, 0.3) is 23.6 Å². The standard InChI is InChI=1S/C31H39N5O7S.C29H37N5O6S/c1-5-41-15-9-16-42-30(40)25(19-33-28(38)26-13-8-17-44-26)36-29(39)27-20(2)34-31(35-21(27)3)32-14-7-11-23-10-6-12-24(18-23)43-22(4)37;1-4-39-14-8-15-40-28(38)23(18-31-26(36)24-12-7-16-41-24)34-27(37)25-19(2)32-29(33-20(25)3)30-13-6-10-21-9-5-11-22(35)17-21/h6,8,10,12-13,17-18,25H,5,7,9,11,14-16,19H2,1-4H3,(H,33,38)(H,36,39)(H,32,34,35);5,7,9,11-12,16-17,23,35H,4,6,8,10,13-15,18H2,1-3H3,(H,31,36)(H,34,37)(H,30,32,33)/t25-;23-/m00/s1. The average Bonchev–Trinajstić information content (AvgIpc) is 4.28. The first-order chi connectivity index (χ1) is 41.0. The number of phenols is 1. The molecule has 456 valence electrons. The van der Waals surface area contributed by atoms with Gasteiger partial charge in [0.15, 0.2) is 0 Å². The number of hydrogen-bond donors (Lipinski definition) is 7. The molecule has 6 aromatic rings. The number of ether oxygens (including phenoxy) is 5. The van der Waals surface area contributed by atoms with Crippen molar-refractivity contribution in [2.75, 3.05) is 76.5 Å². The number of nitrogens with one attached hydrogen (secondary N) is 6. The van der Waals surface area contributed by atoms with E-state index in [1.165, 1.54) is 29.6 Å². The molecular weight excluding hydrogens is 1130 g/mol. The lowest BCUT2D eigenvalue weighted by molar-refractivity contribution is -0.147. The van der Waals surface area contributed by atoms with Crippen LogP contribution in [0.15, 0.2) is 83.6 Å². The highest BCUT2D eigenvalue weighted by Gasteiger charge is 2.28. The van der Waals surface area contributed by atoms with Gasteiger partial charge in [0.1, 0.15) is 23.6 Å². The number of benzene rings is 2. The van der Waals surface area contributed by atoms with Crippen LogP contribution in [0.3, 0.4) is 0 Å². The van der Waals surface area contributed by atoms with Crippen LogP contribution in [0.1, 0.15) is 120 Å². The number of thiophene rings is 2. The van der Waals surface area contributed by atoms with Gasteiger partial charge in [0.2, 0.25) is 11.9 Å². The molecule has 2 atom stereocenters. The van der Waals surface area contributed by atoms with Crippen LogP contribution >= 0.6 is 22.7 Å². The summed E-state index contributed by atoms with van der Waals surface area (Å²) in [5.74, 6) is -2.00. The van der Waals surface area contributed by atoms with Crippen LogP contribution in [0.2, 0.25) is 0 Å². The normalized spacial score (nSPS) is 11.4.